The van der Waals surface area contributed by atoms with Crippen LogP contribution in [0.3, 0.4) is 0 Å². The molecule has 0 bridgehead atoms. The maximum atomic E-state index is 10.7. The maximum absolute atomic E-state index is 10.7. The van der Waals surface area contributed by atoms with Crippen molar-refractivity contribution in [2.75, 3.05) is 0 Å². The standard InChI is InChI=1S/C10H12O2.Sn.2H/c1-7-5-4-6-10(8(7)2)12-9(3)11;;;/h4-6H,1-3H3;;;. The predicted molar refractivity (Wildman–Crippen MR) is 55.8 cm³/mol. The summed E-state index contributed by atoms with van der Waals surface area (Å²) in [4.78, 5) is 10.7. The van der Waals surface area contributed by atoms with Crippen molar-refractivity contribution in [3.8, 4) is 5.75 Å². The van der Waals surface area contributed by atoms with Crippen molar-refractivity contribution in [3.63, 3.8) is 0 Å². The van der Waals surface area contributed by atoms with Gasteiger partial charge in [0.25, 0.3) is 0 Å². The Hall–Kier alpha value is -0.511. The zero-order chi connectivity index (χ0) is 9.14. The van der Waals surface area contributed by atoms with E-state index in [9.17, 15) is 4.79 Å². The molecule has 0 spiro atoms. The predicted octanol–water partition coefficient (Wildman–Crippen LogP) is 1.31. The number of carbonyl (C=O) groups is 1. The fourth-order valence-electron chi connectivity index (χ4n) is 0.990. The Labute approximate surface area is 95.2 Å². The summed E-state index contributed by atoms with van der Waals surface area (Å²) >= 11 is 0. The van der Waals surface area contributed by atoms with Crippen molar-refractivity contribution >= 4 is 29.9 Å². The van der Waals surface area contributed by atoms with Crippen LogP contribution in [0.2, 0.25) is 0 Å². The minimum absolute atomic E-state index is 0. The second-order valence-electron chi connectivity index (χ2n) is 2.79. The van der Waals surface area contributed by atoms with Crippen LogP contribution >= 0.6 is 0 Å². The van der Waals surface area contributed by atoms with Gasteiger partial charge in [0.15, 0.2) is 0 Å². The summed E-state index contributed by atoms with van der Waals surface area (Å²) in [6, 6.07) is 5.66. The van der Waals surface area contributed by atoms with Gasteiger partial charge in [-0.25, -0.2) is 0 Å². The Balaban J connectivity index is 0.00000144. The molecule has 1 rings (SSSR count). The van der Waals surface area contributed by atoms with E-state index in [1.807, 2.05) is 26.0 Å². The molecule has 2 radical (unpaired) electrons. The number of hydrogen-bond donors (Lipinski definition) is 0. The molecule has 0 aliphatic rings. The van der Waals surface area contributed by atoms with Crippen LogP contribution in [0.5, 0.6) is 5.75 Å². The molecule has 0 heterocycles. The molecule has 0 saturated carbocycles. The van der Waals surface area contributed by atoms with Gasteiger partial charge in [0.05, 0.1) is 0 Å². The molecule has 70 valence electrons. The molecule has 0 fully saturated rings. The molecule has 1 aromatic carbocycles. The van der Waals surface area contributed by atoms with E-state index in [0.717, 1.165) is 11.1 Å². The van der Waals surface area contributed by atoms with Crippen LogP contribution in [-0.2, 0) is 4.79 Å². The first-order chi connectivity index (χ1) is 5.61. The fraction of sp³-hybridized carbons (Fsp3) is 0.300. The molecule has 0 saturated heterocycles. The number of benzene rings is 1. The molecule has 0 aliphatic heterocycles. The van der Waals surface area contributed by atoms with Crippen LogP contribution in [0.4, 0.5) is 0 Å². The van der Waals surface area contributed by atoms with Crippen molar-refractivity contribution in [2.24, 2.45) is 0 Å². The molecule has 2 nitrogen and oxygen atoms in total. The summed E-state index contributed by atoms with van der Waals surface area (Å²) < 4.78 is 4.99. The molecule has 0 aromatic heterocycles. The van der Waals surface area contributed by atoms with Crippen LogP contribution in [0.25, 0.3) is 0 Å². The van der Waals surface area contributed by atoms with Gasteiger partial charge in [-0.3, -0.25) is 4.79 Å². The van der Waals surface area contributed by atoms with Gasteiger partial charge in [0.2, 0.25) is 0 Å². The Morgan fingerprint density at radius 1 is 1.31 bits per heavy atom. The van der Waals surface area contributed by atoms with Crippen molar-refractivity contribution in [1.29, 1.82) is 0 Å². The van der Waals surface area contributed by atoms with Gasteiger partial charge in [-0.1, -0.05) is 12.1 Å². The molecule has 0 aliphatic carbocycles. The number of carbonyl (C=O) groups excluding carboxylic acids is 1. The number of esters is 1. The van der Waals surface area contributed by atoms with Crippen molar-refractivity contribution in [1.82, 2.24) is 0 Å². The average Bonchev–Trinajstić information content (AvgIpc) is 1.98. The molecule has 3 heteroatoms. The molecule has 0 unspecified atom stereocenters. The number of aryl methyl sites for hydroxylation is 1. The topological polar surface area (TPSA) is 26.3 Å². The van der Waals surface area contributed by atoms with E-state index in [2.05, 4.69) is 0 Å². The van der Waals surface area contributed by atoms with Crippen molar-refractivity contribution in [3.05, 3.63) is 29.3 Å². The molecule has 13 heavy (non-hydrogen) atoms. The molecule has 1 aromatic rings. The summed E-state index contributed by atoms with van der Waals surface area (Å²) in [5.74, 6) is 0.381. The van der Waals surface area contributed by atoms with E-state index in [1.165, 1.54) is 6.92 Å². The van der Waals surface area contributed by atoms with E-state index < -0.39 is 0 Å². The first-order valence-electron chi connectivity index (χ1n) is 3.86. The Bertz CT molecular complexity index is 308. The molecule has 0 atom stereocenters. The van der Waals surface area contributed by atoms with Gasteiger partial charge in [0.1, 0.15) is 5.75 Å². The summed E-state index contributed by atoms with van der Waals surface area (Å²) in [5, 5.41) is 0. The van der Waals surface area contributed by atoms with Gasteiger partial charge in [-0.05, 0) is 31.0 Å². The van der Waals surface area contributed by atoms with Gasteiger partial charge in [-0.2, -0.15) is 0 Å². The number of rotatable bonds is 1. The normalized spacial score (nSPS) is 8.85. The Kier molecular flexibility index (Phi) is 5.06. The third kappa shape index (κ3) is 3.38. The zero-order valence-electron chi connectivity index (χ0n) is 8.26. The SMILES string of the molecule is CC(=O)Oc1cccc(C)c1C.[SnH2]. The Morgan fingerprint density at radius 2 is 1.92 bits per heavy atom. The molecule has 0 N–H and O–H groups in total. The van der Waals surface area contributed by atoms with E-state index >= 15 is 0 Å². The summed E-state index contributed by atoms with van der Waals surface area (Å²) in [6.45, 7) is 5.33. The van der Waals surface area contributed by atoms with Crippen LogP contribution in [-0.4, -0.2) is 29.9 Å². The third-order valence-electron chi connectivity index (χ3n) is 1.81. The van der Waals surface area contributed by atoms with E-state index in [1.54, 1.807) is 6.07 Å². The average molecular weight is 285 g/mol. The van der Waals surface area contributed by atoms with Crippen molar-refractivity contribution < 1.29 is 9.53 Å². The number of ether oxygens (including phenoxy) is 1. The quantitative estimate of drug-likeness (QED) is 0.442. The molecule has 0 amide bonds. The molecular weight excluding hydrogens is 271 g/mol. The number of hydrogen-bond acceptors (Lipinski definition) is 2. The summed E-state index contributed by atoms with van der Waals surface area (Å²) in [5.41, 5.74) is 2.15. The van der Waals surface area contributed by atoms with Crippen LogP contribution in [0, 0.1) is 13.8 Å². The van der Waals surface area contributed by atoms with Gasteiger partial charge < -0.3 is 4.74 Å². The van der Waals surface area contributed by atoms with Crippen molar-refractivity contribution in [2.45, 2.75) is 20.8 Å². The summed E-state index contributed by atoms with van der Waals surface area (Å²) in [6.07, 6.45) is 0. The summed E-state index contributed by atoms with van der Waals surface area (Å²) in [7, 11) is 0. The van der Waals surface area contributed by atoms with Gasteiger partial charge in [0, 0.05) is 6.92 Å². The Morgan fingerprint density at radius 3 is 2.46 bits per heavy atom. The van der Waals surface area contributed by atoms with Gasteiger partial charge >= 0.3 is 29.9 Å². The second-order valence-corrected chi connectivity index (χ2v) is 2.79. The fourth-order valence-corrected chi connectivity index (χ4v) is 0.990. The van der Waals surface area contributed by atoms with E-state index in [-0.39, 0.29) is 29.9 Å². The molecular formula is C10H14O2Sn. The van der Waals surface area contributed by atoms with Crippen LogP contribution in [0.15, 0.2) is 18.2 Å². The zero-order valence-corrected chi connectivity index (χ0v) is 12.3. The second kappa shape index (κ2) is 5.27. The monoisotopic (exact) mass is 286 g/mol. The van der Waals surface area contributed by atoms with Crippen LogP contribution < -0.4 is 4.74 Å². The van der Waals surface area contributed by atoms with E-state index in [4.69, 9.17) is 4.74 Å². The minimum atomic E-state index is -0.274. The third-order valence-corrected chi connectivity index (χ3v) is 1.81. The van der Waals surface area contributed by atoms with Crippen LogP contribution in [0.1, 0.15) is 18.1 Å². The first kappa shape index (κ1) is 12.5. The van der Waals surface area contributed by atoms with Gasteiger partial charge in [-0.15, -0.1) is 0 Å². The first-order valence-corrected chi connectivity index (χ1v) is 3.86. The van der Waals surface area contributed by atoms with E-state index in [0.29, 0.717) is 5.75 Å².